The minimum Gasteiger partial charge on any atom is -0.325 e. The van der Waals surface area contributed by atoms with Crippen molar-refractivity contribution in [3.05, 3.63) is 51.4 Å². The van der Waals surface area contributed by atoms with Gasteiger partial charge in [0.2, 0.25) is 11.8 Å². The molecule has 0 saturated heterocycles. The molecular weight excluding hydrogens is 364 g/mol. The summed E-state index contributed by atoms with van der Waals surface area (Å²) in [4.78, 5) is 53.7. The number of hydrogen-bond acceptors (Lipinski definition) is 5. The summed E-state index contributed by atoms with van der Waals surface area (Å²) in [5.41, 5.74) is 0.657. The van der Waals surface area contributed by atoms with Gasteiger partial charge in [-0.2, -0.15) is 0 Å². The van der Waals surface area contributed by atoms with Gasteiger partial charge < -0.3 is 14.8 Å². The molecule has 1 N–H and O–H groups in total. The van der Waals surface area contributed by atoms with Gasteiger partial charge in [-0.15, -0.1) is 0 Å². The molecule has 3 aromatic rings. The van der Waals surface area contributed by atoms with Crippen LogP contribution in [0.25, 0.3) is 11.2 Å². The van der Waals surface area contributed by atoms with Gasteiger partial charge in [-0.05, 0) is 24.3 Å². The highest BCUT2D eigenvalue weighted by Crippen LogP contribution is 2.17. The summed E-state index contributed by atoms with van der Waals surface area (Å²) in [6.07, 6.45) is 1.36. The Balaban J connectivity index is 1.82. The van der Waals surface area contributed by atoms with Gasteiger partial charge in [-0.3, -0.25) is 23.5 Å². The Morgan fingerprint density at radius 2 is 1.75 bits per heavy atom. The molecule has 0 spiro atoms. The van der Waals surface area contributed by atoms with E-state index in [2.05, 4.69) is 10.3 Å². The first-order chi connectivity index (χ1) is 13.2. The van der Waals surface area contributed by atoms with E-state index in [9.17, 15) is 19.2 Å². The van der Waals surface area contributed by atoms with Crippen LogP contribution >= 0.6 is 0 Å². The van der Waals surface area contributed by atoms with Crippen LogP contribution in [0.1, 0.15) is 6.92 Å². The Kier molecular flexibility index (Phi) is 4.87. The lowest BCUT2D eigenvalue weighted by atomic mass is 10.2. The summed E-state index contributed by atoms with van der Waals surface area (Å²) in [6, 6.07) is 6.80. The smallest absolute Gasteiger partial charge is 0.325 e. The van der Waals surface area contributed by atoms with Crippen molar-refractivity contribution in [3.63, 3.8) is 0 Å². The van der Waals surface area contributed by atoms with E-state index in [-0.39, 0.29) is 29.5 Å². The summed E-state index contributed by atoms with van der Waals surface area (Å²) < 4.78 is 3.64. The maximum atomic E-state index is 12.4. The molecule has 3 rings (SSSR count). The highest BCUT2D eigenvalue weighted by atomic mass is 16.2. The fourth-order valence-corrected chi connectivity index (χ4v) is 2.82. The molecule has 2 amide bonds. The van der Waals surface area contributed by atoms with Crippen molar-refractivity contribution in [1.82, 2.24) is 18.7 Å². The van der Waals surface area contributed by atoms with Crippen LogP contribution < -0.4 is 21.5 Å². The Morgan fingerprint density at radius 3 is 2.36 bits per heavy atom. The third-order valence-electron chi connectivity index (χ3n) is 4.54. The molecule has 0 atom stereocenters. The van der Waals surface area contributed by atoms with E-state index in [0.29, 0.717) is 11.4 Å². The number of carbonyl (C=O) groups is 2. The monoisotopic (exact) mass is 384 g/mol. The molecule has 0 aliphatic heterocycles. The van der Waals surface area contributed by atoms with E-state index in [1.165, 1.54) is 41.4 Å². The normalized spacial score (nSPS) is 10.9. The molecule has 0 saturated carbocycles. The molecule has 0 unspecified atom stereocenters. The van der Waals surface area contributed by atoms with Gasteiger partial charge in [0.15, 0.2) is 11.2 Å². The third-order valence-corrected chi connectivity index (χ3v) is 4.54. The number of aromatic nitrogens is 4. The van der Waals surface area contributed by atoms with E-state index in [4.69, 9.17) is 0 Å². The molecule has 0 radical (unpaired) electrons. The lowest BCUT2D eigenvalue weighted by Gasteiger charge is -2.15. The first kappa shape index (κ1) is 19.1. The first-order valence-electron chi connectivity index (χ1n) is 8.45. The van der Waals surface area contributed by atoms with Crippen molar-refractivity contribution < 1.29 is 9.59 Å². The van der Waals surface area contributed by atoms with Crippen molar-refractivity contribution in [2.24, 2.45) is 14.1 Å². The number of carbonyl (C=O) groups excluding carboxylic acids is 2. The molecule has 10 nitrogen and oxygen atoms in total. The second-order valence-electron chi connectivity index (χ2n) is 6.42. The molecule has 1 aromatic carbocycles. The summed E-state index contributed by atoms with van der Waals surface area (Å²) in [6.45, 7) is 1.32. The van der Waals surface area contributed by atoms with Crippen LogP contribution in [0.15, 0.2) is 40.2 Å². The van der Waals surface area contributed by atoms with Crippen molar-refractivity contribution in [2.45, 2.75) is 13.5 Å². The lowest BCUT2D eigenvalue weighted by Crippen LogP contribution is -2.37. The van der Waals surface area contributed by atoms with Crippen molar-refractivity contribution in [3.8, 4) is 0 Å². The summed E-state index contributed by atoms with van der Waals surface area (Å²) >= 11 is 0. The van der Waals surface area contributed by atoms with E-state index in [1.807, 2.05) is 0 Å². The summed E-state index contributed by atoms with van der Waals surface area (Å²) in [7, 11) is 4.55. The van der Waals surface area contributed by atoms with Gasteiger partial charge in [0, 0.05) is 39.4 Å². The van der Waals surface area contributed by atoms with Crippen molar-refractivity contribution >= 4 is 34.4 Å². The van der Waals surface area contributed by atoms with Gasteiger partial charge in [-0.1, -0.05) is 0 Å². The number of anilines is 2. The predicted molar refractivity (Wildman–Crippen MR) is 104 cm³/mol. The van der Waals surface area contributed by atoms with Crippen LogP contribution in [-0.4, -0.2) is 37.5 Å². The lowest BCUT2D eigenvalue weighted by molar-refractivity contribution is -0.117. The minimum absolute atomic E-state index is 0.0975. The number of nitrogens with zero attached hydrogens (tertiary/aromatic N) is 5. The maximum Gasteiger partial charge on any atom is 0.332 e. The Hall–Kier alpha value is -3.69. The second kappa shape index (κ2) is 7.14. The average Bonchev–Trinajstić information content (AvgIpc) is 3.08. The van der Waals surface area contributed by atoms with E-state index in [0.717, 1.165) is 4.57 Å². The fraction of sp³-hybridized carbons (Fsp3) is 0.278. The molecule has 2 heterocycles. The molecule has 0 bridgehead atoms. The zero-order chi connectivity index (χ0) is 20.6. The van der Waals surface area contributed by atoms with E-state index < -0.39 is 11.2 Å². The average molecular weight is 384 g/mol. The maximum absolute atomic E-state index is 12.4. The Labute approximate surface area is 159 Å². The zero-order valence-corrected chi connectivity index (χ0v) is 16.0. The van der Waals surface area contributed by atoms with Crippen LogP contribution in [0.4, 0.5) is 11.4 Å². The molecule has 28 heavy (non-hydrogen) atoms. The predicted octanol–water partition coefficient (Wildman–Crippen LogP) is 0.0551. The van der Waals surface area contributed by atoms with Crippen LogP contribution in [0.3, 0.4) is 0 Å². The summed E-state index contributed by atoms with van der Waals surface area (Å²) in [5, 5.41) is 2.73. The van der Waals surface area contributed by atoms with Crippen molar-refractivity contribution in [2.75, 3.05) is 17.3 Å². The zero-order valence-electron chi connectivity index (χ0n) is 16.0. The van der Waals surface area contributed by atoms with Crippen LogP contribution in [0.2, 0.25) is 0 Å². The van der Waals surface area contributed by atoms with E-state index in [1.54, 1.807) is 31.3 Å². The second-order valence-corrected chi connectivity index (χ2v) is 6.42. The van der Waals surface area contributed by atoms with Gasteiger partial charge in [0.1, 0.15) is 6.54 Å². The minimum atomic E-state index is -0.514. The number of rotatable bonds is 4. The highest BCUT2D eigenvalue weighted by Gasteiger charge is 2.16. The number of benzene rings is 1. The Bertz CT molecular complexity index is 1190. The van der Waals surface area contributed by atoms with Gasteiger partial charge in [-0.25, -0.2) is 9.78 Å². The fourth-order valence-electron chi connectivity index (χ4n) is 2.82. The SMILES string of the molecule is CC(=O)N(C)c1ccc(NC(=O)Cn2cnc3c2c(=O)n(C)c(=O)n3C)cc1. The van der Waals surface area contributed by atoms with Crippen molar-refractivity contribution in [1.29, 1.82) is 0 Å². The topological polar surface area (TPSA) is 111 Å². The molecule has 146 valence electrons. The number of amides is 2. The van der Waals surface area contributed by atoms with E-state index >= 15 is 0 Å². The molecular formula is C18H20N6O4. The largest absolute Gasteiger partial charge is 0.332 e. The van der Waals surface area contributed by atoms with Crippen LogP contribution in [0.5, 0.6) is 0 Å². The van der Waals surface area contributed by atoms with Gasteiger partial charge >= 0.3 is 5.69 Å². The number of imidazole rings is 1. The Morgan fingerprint density at radius 1 is 1.11 bits per heavy atom. The van der Waals surface area contributed by atoms with Crippen LogP contribution in [0, 0.1) is 0 Å². The molecule has 10 heteroatoms. The third kappa shape index (κ3) is 3.31. The highest BCUT2D eigenvalue weighted by molar-refractivity contribution is 5.93. The summed E-state index contributed by atoms with van der Waals surface area (Å²) in [5.74, 6) is -0.456. The molecule has 0 aliphatic rings. The number of hydrogen-bond donors (Lipinski definition) is 1. The van der Waals surface area contributed by atoms with Gasteiger partial charge in [0.05, 0.1) is 6.33 Å². The number of nitrogens with one attached hydrogen (secondary N) is 1. The van der Waals surface area contributed by atoms with Gasteiger partial charge in [0.25, 0.3) is 5.56 Å². The molecule has 2 aromatic heterocycles. The quantitative estimate of drug-likeness (QED) is 0.684. The van der Waals surface area contributed by atoms with Crippen LogP contribution in [-0.2, 0) is 30.2 Å². The first-order valence-corrected chi connectivity index (χ1v) is 8.45. The molecule has 0 fully saturated rings. The molecule has 0 aliphatic carbocycles. The number of fused-ring (bicyclic) bond motifs is 1. The standard InChI is InChI=1S/C18H20N6O4/c1-11(25)21(2)13-7-5-12(6-8-13)20-14(26)9-24-10-19-16-15(24)17(27)23(4)18(28)22(16)3/h5-8,10H,9H2,1-4H3,(H,20,26). The number of aryl methyl sites for hydroxylation is 1.